The highest BCUT2D eigenvalue weighted by Crippen LogP contribution is 2.21. The Hall–Kier alpha value is -2.43. The maximum atomic E-state index is 13.7. The first-order valence-electron chi connectivity index (χ1n) is 6.21. The minimum atomic E-state index is -0.578. The molecule has 1 aromatic heterocycles. The van der Waals surface area contributed by atoms with E-state index in [0.29, 0.717) is 17.8 Å². The van der Waals surface area contributed by atoms with Gasteiger partial charge in [0.2, 0.25) is 0 Å². The summed E-state index contributed by atoms with van der Waals surface area (Å²) in [5.74, 6) is -0.373. The van der Waals surface area contributed by atoms with Crippen LogP contribution < -0.4 is 5.73 Å². The average Bonchev–Trinajstić information content (AvgIpc) is 2.68. The second kappa shape index (κ2) is 4.59. The molecule has 3 rings (SSSR count). The fraction of sp³-hybridized carbons (Fsp3) is 0.133. The summed E-state index contributed by atoms with van der Waals surface area (Å²) in [7, 11) is 0. The highest BCUT2D eigenvalue weighted by atomic mass is 19.1. The number of benzene rings is 2. The molecule has 0 aliphatic rings. The third-order valence-electron chi connectivity index (χ3n) is 3.31. The molecule has 2 N–H and O–H groups in total. The van der Waals surface area contributed by atoms with E-state index in [1.807, 2.05) is 17.6 Å². The number of halogens is 2. The van der Waals surface area contributed by atoms with Gasteiger partial charge in [0.15, 0.2) is 0 Å². The number of nitrogen functional groups attached to an aromatic ring is 1. The summed E-state index contributed by atoms with van der Waals surface area (Å²) in [4.78, 5) is 4.40. The summed E-state index contributed by atoms with van der Waals surface area (Å²) in [5, 5.41) is 0. The Balaban J connectivity index is 2.08. The van der Waals surface area contributed by atoms with Gasteiger partial charge in [-0.05, 0) is 31.2 Å². The minimum Gasteiger partial charge on any atom is -0.399 e. The average molecular weight is 273 g/mol. The first-order valence-corrected chi connectivity index (χ1v) is 6.21. The Labute approximate surface area is 114 Å². The molecule has 20 heavy (non-hydrogen) atoms. The Bertz CT molecular complexity index is 793. The zero-order valence-electron chi connectivity index (χ0n) is 10.9. The summed E-state index contributed by atoms with van der Waals surface area (Å²) in [6.45, 7) is 2.15. The fourth-order valence-corrected chi connectivity index (χ4v) is 2.29. The van der Waals surface area contributed by atoms with Gasteiger partial charge in [0.05, 0.1) is 17.6 Å². The van der Waals surface area contributed by atoms with Crippen molar-refractivity contribution in [1.29, 1.82) is 0 Å². The number of imidazole rings is 1. The van der Waals surface area contributed by atoms with E-state index in [9.17, 15) is 8.78 Å². The topological polar surface area (TPSA) is 43.8 Å². The molecule has 0 radical (unpaired) electrons. The Morgan fingerprint density at radius 3 is 2.70 bits per heavy atom. The zero-order chi connectivity index (χ0) is 14.3. The van der Waals surface area contributed by atoms with Crippen LogP contribution in [-0.4, -0.2) is 9.55 Å². The molecule has 0 aliphatic heterocycles. The highest BCUT2D eigenvalue weighted by Gasteiger charge is 2.11. The molecule has 0 fully saturated rings. The number of hydrogen-bond donors (Lipinski definition) is 1. The molecule has 3 aromatic rings. The maximum Gasteiger partial charge on any atom is 0.131 e. The lowest BCUT2D eigenvalue weighted by atomic mass is 10.2. The molecule has 3 nitrogen and oxygen atoms in total. The molecule has 0 spiro atoms. The van der Waals surface area contributed by atoms with Gasteiger partial charge in [0, 0.05) is 17.3 Å². The van der Waals surface area contributed by atoms with E-state index in [0.717, 1.165) is 22.9 Å². The van der Waals surface area contributed by atoms with Gasteiger partial charge in [-0.1, -0.05) is 6.07 Å². The van der Waals surface area contributed by atoms with Crippen LogP contribution in [0, 0.1) is 18.6 Å². The zero-order valence-corrected chi connectivity index (χ0v) is 10.9. The standard InChI is InChI=1S/C15H13F2N3/c1-9-19-14-7-12(18)4-5-15(14)20(9)8-10-2-3-11(16)6-13(10)17/h2-7H,8,18H2,1H3. The molecule has 0 unspecified atom stereocenters. The number of anilines is 1. The molecule has 5 heteroatoms. The molecule has 0 amide bonds. The third-order valence-corrected chi connectivity index (χ3v) is 3.31. The van der Waals surface area contributed by atoms with Crippen LogP contribution in [0.3, 0.4) is 0 Å². The van der Waals surface area contributed by atoms with E-state index in [1.54, 1.807) is 12.1 Å². The van der Waals surface area contributed by atoms with Crippen molar-refractivity contribution in [3.8, 4) is 0 Å². The van der Waals surface area contributed by atoms with Gasteiger partial charge in [0.25, 0.3) is 0 Å². The van der Waals surface area contributed by atoms with Crippen molar-refractivity contribution in [1.82, 2.24) is 9.55 Å². The van der Waals surface area contributed by atoms with E-state index in [2.05, 4.69) is 4.98 Å². The van der Waals surface area contributed by atoms with Gasteiger partial charge < -0.3 is 10.3 Å². The van der Waals surface area contributed by atoms with E-state index in [1.165, 1.54) is 12.1 Å². The number of aryl methyl sites for hydroxylation is 1. The van der Waals surface area contributed by atoms with Crippen molar-refractivity contribution in [2.75, 3.05) is 5.73 Å². The van der Waals surface area contributed by atoms with Crippen LogP contribution in [-0.2, 0) is 6.54 Å². The predicted molar refractivity (Wildman–Crippen MR) is 74.3 cm³/mol. The molecule has 0 saturated carbocycles. The highest BCUT2D eigenvalue weighted by molar-refractivity contribution is 5.79. The van der Waals surface area contributed by atoms with Crippen LogP contribution >= 0.6 is 0 Å². The lowest BCUT2D eigenvalue weighted by Gasteiger charge is -2.08. The molecule has 2 aromatic carbocycles. The molecule has 0 atom stereocenters. The van der Waals surface area contributed by atoms with Gasteiger partial charge in [-0.3, -0.25) is 0 Å². The number of fused-ring (bicyclic) bond motifs is 1. The number of nitrogens with two attached hydrogens (primary N) is 1. The second-order valence-electron chi connectivity index (χ2n) is 4.73. The van der Waals surface area contributed by atoms with E-state index >= 15 is 0 Å². The van der Waals surface area contributed by atoms with Gasteiger partial charge in [0.1, 0.15) is 17.5 Å². The first kappa shape index (κ1) is 12.6. The summed E-state index contributed by atoms with van der Waals surface area (Å²) in [6, 6.07) is 9.01. The van der Waals surface area contributed by atoms with Crippen LogP contribution in [0.25, 0.3) is 11.0 Å². The summed E-state index contributed by atoms with van der Waals surface area (Å²) < 4.78 is 28.6. The second-order valence-corrected chi connectivity index (χ2v) is 4.73. The minimum absolute atomic E-state index is 0.304. The SMILES string of the molecule is Cc1nc2cc(N)ccc2n1Cc1ccc(F)cc1F. The van der Waals surface area contributed by atoms with E-state index in [-0.39, 0.29) is 0 Å². The van der Waals surface area contributed by atoms with Crippen molar-refractivity contribution in [3.63, 3.8) is 0 Å². The molecular weight excluding hydrogens is 260 g/mol. The smallest absolute Gasteiger partial charge is 0.131 e. The summed E-state index contributed by atoms with van der Waals surface area (Å²) >= 11 is 0. The van der Waals surface area contributed by atoms with E-state index in [4.69, 9.17) is 5.73 Å². The van der Waals surface area contributed by atoms with Crippen LogP contribution in [0.5, 0.6) is 0 Å². The predicted octanol–water partition coefficient (Wildman–Crippen LogP) is 3.25. The number of rotatable bonds is 2. The van der Waals surface area contributed by atoms with Gasteiger partial charge in [-0.15, -0.1) is 0 Å². The van der Waals surface area contributed by atoms with Crippen LogP contribution in [0.15, 0.2) is 36.4 Å². The van der Waals surface area contributed by atoms with Gasteiger partial charge in [-0.2, -0.15) is 0 Å². The van der Waals surface area contributed by atoms with Crippen molar-refractivity contribution in [2.45, 2.75) is 13.5 Å². The summed E-state index contributed by atoms with van der Waals surface area (Å²) in [6.07, 6.45) is 0. The normalized spacial score (nSPS) is 11.2. The van der Waals surface area contributed by atoms with E-state index < -0.39 is 11.6 Å². The first-order chi connectivity index (χ1) is 9.54. The largest absolute Gasteiger partial charge is 0.399 e. The van der Waals surface area contributed by atoms with Crippen molar-refractivity contribution < 1.29 is 8.78 Å². The quantitative estimate of drug-likeness (QED) is 0.728. The van der Waals surface area contributed by atoms with Crippen LogP contribution in [0.2, 0.25) is 0 Å². The van der Waals surface area contributed by atoms with Gasteiger partial charge in [-0.25, -0.2) is 13.8 Å². The number of nitrogens with zero attached hydrogens (tertiary/aromatic N) is 2. The Kier molecular flexibility index (Phi) is 2.89. The third kappa shape index (κ3) is 2.11. The lowest BCUT2D eigenvalue weighted by molar-refractivity contribution is 0.566. The summed E-state index contributed by atoms with van der Waals surface area (Å²) in [5.41, 5.74) is 8.43. The van der Waals surface area contributed by atoms with Crippen molar-refractivity contribution in [2.24, 2.45) is 0 Å². The molecular formula is C15H13F2N3. The monoisotopic (exact) mass is 273 g/mol. The lowest BCUT2D eigenvalue weighted by Crippen LogP contribution is -2.04. The van der Waals surface area contributed by atoms with Crippen LogP contribution in [0.1, 0.15) is 11.4 Å². The molecule has 0 saturated heterocycles. The van der Waals surface area contributed by atoms with Crippen molar-refractivity contribution >= 4 is 16.7 Å². The van der Waals surface area contributed by atoms with Crippen LogP contribution in [0.4, 0.5) is 14.5 Å². The Morgan fingerprint density at radius 2 is 1.95 bits per heavy atom. The molecule has 102 valence electrons. The maximum absolute atomic E-state index is 13.7. The number of aromatic nitrogens is 2. The van der Waals surface area contributed by atoms with Crippen molar-refractivity contribution in [3.05, 3.63) is 59.4 Å². The van der Waals surface area contributed by atoms with Gasteiger partial charge >= 0.3 is 0 Å². The molecule has 0 bridgehead atoms. The molecule has 1 heterocycles. The molecule has 0 aliphatic carbocycles. The number of hydrogen-bond acceptors (Lipinski definition) is 2. The fourth-order valence-electron chi connectivity index (χ4n) is 2.29. The Morgan fingerprint density at radius 1 is 1.15 bits per heavy atom.